The van der Waals surface area contributed by atoms with Crippen LogP contribution in [0, 0.1) is 17.6 Å². The van der Waals surface area contributed by atoms with Crippen molar-refractivity contribution in [3.63, 3.8) is 0 Å². The highest BCUT2D eigenvalue weighted by atomic mass is 19.1. The molecule has 1 saturated carbocycles. The van der Waals surface area contributed by atoms with Crippen molar-refractivity contribution in [1.82, 2.24) is 0 Å². The molecule has 0 heterocycles. The van der Waals surface area contributed by atoms with Gasteiger partial charge in [0.25, 0.3) is 0 Å². The van der Waals surface area contributed by atoms with Gasteiger partial charge in [-0.2, -0.15) is 0 Å². The Labute approximate surface area is 75.0 Å². The summed E-state index contributed by atoms with van der Waals surface area (Å²) < 4.78 is 25.5. The van der Waals surface area contributed by atoms with E-state index in [1.807, 2.05) is 0 Å². The van der Waals surface area contributed by atoms with Crippen LogP contribution in [0.25, 0.3) is 0 Å². The fourth-order valence-corrected chi connectivity index (χ4v) is 1.65. The maximum Gasteiger partial charge on any atom is 0.126 e. The summed E-state index contributed by atoms with van der Waals surface area (Å²) in [4.78, 5) is 0. The topological polar surface area (TPSA) is 20.2 Å². The first kappa shape index (κ1) is 8.63. The van der Waals surface area contributed by atoms with Gasteiger partial charge in [-0.3, -0.25) is 0 Å². The molecule has 0 radical (unpaired) electrons. The molecular weight excluding hydrogens is 174 g/mol. The molecule has 0 aliphatic heterocycles. The number of hydrogen-bond donors (Lipinski definition) is 1. The van der Waals surface area contributed by atoms with Crippen LogP contribution in [0.3, 0.4) is 0 Å². The molecule has 3 heteroatoms. The van der Waals surface area contributed by atoms with Gasteiger partial charge >= 0.3 is 0 Å². The molecule has 1 fully saturated rings. The van der Waals surface area contributed by atoms with Crippen LogP contribution in [0.5, 0.6) is 0 Å². The number of hydrogen-bond acceptors (Lipinski definition) is 1. The minimum absolute atomic E-state index is 0.1000. The maximum absolute atomic E-state index is 12.7. The minimum Gasteiger partial charge on any atom is -0.396 e. The summed E-state index contributed by atoms with van der Waals surface area (Å²) in [5.41, 5.74) is 0.663. The number of aliphatic hydroxyl groups excluding tert-OH is 1. The number of aliphatic hydroxyl groups is 1. The second-order valence-corrected chi connectivity index (χ2v) is 3.49. The molecule has 13 heavy (non-hydrogen) atoms. The van der Waals surface area contributed by atoms with E-state index in [9.17, 15) is 8.78 Å². The molecule has 1 aromatic carbocycles. The van der Waals surface area contributed by atoms with Crippen LogP contribution in [0.2, 0.25) is 0 Å². The molecule has 70 valence electrons. The Morgan fingerprint density at radius 1 is 1.23 bits per heavy atom. The maximum atomic E-state index is 12.7. The predicted octanol–water partition coefficient (Wildman–Crippen LogP) is 2.06. The highest BCUT2D eigenvalue weighted by Gasteiger charge is 2.37. The van der Waals surface area contributed by atoms with Crippen molar-refractivity contribution in [2.75, 3.05) is 6.61 Å². The molecule has 0 saturated heterocycles. The van der Waals surface area contributed by atoms with Crippen LogP contribution in [-0.4, -0.2) is 11.7 Å². The van der Waals surface area contributed by atoms with Crippen molar-refractivity contribution < 1.29 is 13.9 Å². The first-order chi connectivity index (χ1) is 6.20. The summed E-state index contributed by atoms with van der Waals surface area (Å²) in [5, 5.41) is 8.79. The standard InChI is InChI=1S/C10H10F2O/c11-8-1-6(2-9(12)4-8)10-3-7(10)5-13/h1-2,4,7,10,13H,3,5H2. The van der Waals surface area contributed by atoms with Gasteiger partial charge in [-0.25, -0.2) is 8.78 Å². The van der Waals surface area contributed by atoms with Gasteiger partial charge in [-0.15, -0.1) is 0 Å². The molecule has 1 aliphatic rings. The van der Waals surface area contributed by atoms with Crippen molar-refractivity contribution in [3.05, 3.63) is 35.4 Å². The van der Waals surface area contributed by atoms with Crippen molar-refractivity contribution in [2.45, 2.75) is 12.3 Å². The lowest BCUT2D eigenvalue weighted by molar-refractivity contribution is 0.274. The Morgan fingerprint density at radius 2 is 1.85 bits per heavy atom. The largest absolute Gasteiger partial charge is 0.396 e. The van der Waals surface area contributed by atoms with E-state index in [-0.39, 0.29) is 18.4 Å². The van der Waals surface area contributed by atoms with Crippen molar-refractivity contribution in [1.29, 1.82) is 0 Å². The van der Waals surface area contributed by atoms with E-state index in [1.165, 1.54) is 12.1 Å². The van der Waals surface area contributed by atoms with Gasteiger partial charge in [0, 0.05) is 12.7 Å². The molecule has 2 atom stereocenters. The Morgan fingerprint density at radius 3 is 2.31 bits per heavy atom. The Hall–Kier alpha value is -0.960. The normalized spacial score (nSPS) is 26.1. The van der Waals surface area contributed by atoms with E-state index < -0.39 is 11.6 Å². The van der Waals surface area contributed by atoms with E-state index in [0.717, 1.165) is 12.5 Å². The smallest absolute Gasteiger partial charge is 0.126 e. The van der Waals surface area contributed by atoms with Gasteiger partial charge in [-0.05, 0) is 36.0 Å². The van der Waals surface area contributed by atoms with Gasteiger partial charge in [-0.1, -0.05) is 0 Å². The van der Waals surface area contributed by atoms with E-state index in [1.54, 1.807) is 0 Å². The second-order valence-electron chi connectivity index (χ2n) is 3.49. The average Bonchev–Trinajstić information content (AvgIpc) is 2.80. The number of benzene rings is 1. The second kappa shape index (κ2) is 3.07. The van der Waals surface area contributed by atoms with Crippen LogP contribution >= 0.6 is 0 Å². The van der Waals surface area contributed by atoms with Crippen LogP contribution in [-0.2, 0) is 0 Å². The highest BCUT2D eigenvalue weighted by Crippen LogP contribution is 2.47. The van der Waals surface area contributed by atoms with Crippen molar-refractivity contribution in [2.24, 2.45) is 5.92 Å². The van der Waals surface area contributed by atoms with Gasteiger partial charge in [0.15, 0.2) is 0 Å². The molecule has 1 N–H and O–H groups in total. The fraction of sp³-hybridized carbons (Fsp3) is 0.400. The summed E-state index contributed by atoms with van der Waals surface area (Å²) in [5.74, 6) is -0.742. The predicted molar refractivity (Wildman–Crippen MR) is 44.3 cm³/mol. The Bertz CT molecular complexity index is 304. The number of rotatable bonds is 2. The lowest BCUT2D eigenvalue weighted by atomic mass is 10.1. The molecule has 2 unspecified atom stereocenters. The van der Waals surface area contributed by atoms with Gasteiger partial charge in [0.2, 0.25) is 0 Å². The molecule has 0 spiro atoms. The quantitative estimate of drug-likeness (QED) is 0.745. The molecule has 1 aliphatic carbocycles. The molecule has 0 bridgehead atoms. The van der Waals surface area contributed by atoms with Crippen LogP contribution in [0.1, 0.15) is 17.9 Å². The first-order valence-corrected chi connectivity index (χ1v) is 4.27. The van der Waals surface area contributed by atoms with Gasteiger partial charge in [0.1, 0.15) is 11.6 Å². The molecule has 1 nitrogen and oxygen atoms in total. The summed E-state index contributed by atoms with van der Waals surface area (Å²) >= 11 is 0. The van der Waals surface area contributed by atoms with E-state index >= 15 is 0 Å². The SMILES string of the molecule is OCC1CC1c1cc(F)cc(F)c1. The van der Waals surface area contributed by atoms with Crippen LogP contribution in [0.4, 0.5) is 8.78 Å². The zero-order valence-electron chi connectivity index (χ0n) is 7.00. The molecule has 0 aromatic heterocycles. The average molecular weight is 184 g/mol. The summed E-state index contributed by atoms with van der Waals surface area (Å²) in [7, 11) is 0. The third kappa shape index (κ3) is 1.70. The van der Waals surface area contributed by atoms with Crippen molar-refractivity contribution in [3.8, 4) is 0 Å². The Balaban J connectivity index is 2.22. The van der Waals surface area contributed by atoms with Crippen LogP contribution < -0.4 is 0 Å². The minimum atomic E-state index is -0.543. The molecular formula is C10H10F2O. The third-order valence-corrected chi connectivity index (χ3v) is 2.47. The van der Waals surface area contributed by atoms with Gasteiger partial charge in [0.05, 0.1) is 0 Å². The number of halogens is 2. The van der Waals surface area contributed by atoms with E-state index in [0.29, 0.717) is 5.56 Å². The molecule has 0 amide bonds. The molecule has 1 aromatic rings. The summed E-state index contributed by atoms with van der Waals surface area (Å²) in [6.45, 7) is 0.1000. The first-order valence-electron chi connectivity index (χ1n) is 4.27. The summed E-state index contributed by atoms with van der Waals surface area (Å²) in [6.07, 6.45) is 0.833. The van der Waals surface area contributed by atoms with E-state index in [2.05, 4.69) is 0 Å². The third-order valence-electron chi connectivity index (χ3n) is 2.47. The van der Waals surface area contributed by atoms with Gasteiger partial charge < -0.3 is 5.11 Å². The zero-order chi connectivity index (χ0) is 9.42. The fourth-order valence-electron chi connectivity index (χ4n) is 1.65. The monoisotopic (exact) mass is 184 g/mol. The zero-order valence-corrected chi connectivity index (χ0v) is 7.00. The highest BCUT2D eigenvalue weighted by molar-refractivity contribution is 5.27. The molecule has 2 rings (SSSR count). The summed E-state index contributed by atoms with van der Waals surface area (Å²) in [6, 6.07) is 3.53. The van der Waals surface area contributed by atoms with Crippen LogP contribution in [0.15, 0.2) is 18.2 Å². The van der Waals surface area contributed by atoms with E-state index in [4.69, 9.17) is 5.11 Å². The Kier molecular flexibility index (Phi) is 2.04. The lowest BCUT2D eigenvalue weighted by Crippen LogP contribution is -1.91. The van der Waals surface area contributed by atoms with Crippen molar-refractivity contribution >= 4 is 0 Å². The lowest BCUT2D eigenvalue weighted by Gasteiger charge is -1.99.